The fourth-order valence-electron chi connectivity index (χ4n) is 1.80. The van der Waals surface area contributed by atoms with Gasteiger partial charge >= 0.3 is 0 Å². The number of halogens is 1. The molecule has 0 unspecified atom stereocenters. The molecule has 0 fully saturated rings. The zero-order valence-electron chi connectivity index (χ0n) is 10.5. The first kappa shape index (κ1) is 12.8. The lowest BCUT2D eigenvalue weighted by molar-refractivity contribution is 0.475. The molecule has 18 heavy (non-hydrogen) atoms. The molecular formula is C15H16ClNO. The van der Waals surface area contributed by atoms with Crippen LogP contribution in [-0.2, 0) is 6.54 Å². The number of aryl methyl sites for hydroxylation is 1. The van der Waals surface area contributed by atoms with Crippen LogP contribution in [0.4, 0.5) is 5.69 Å². The van der Waals surface area contributed by atoms with Crippen molar-refractivity contribution in [3.05, 3.63) is 58.1 Å². The molecule has 2 N–H and O–H groups in total. The van der Waals surface area contributed by atoms with Gasteiger partial charge in [-0.2, -0.15) is 0 Å². The van der Waals surface area contributed by atoms with E-state index in [-0.39, 0.29) is 5.75 Å². The van der Waals surface area contributed by atoms with Crippen LogP contribution < -0.4 is 5.32 Å². The highest BCUT2D eigenvalue weighted by Gasteiger charge is 2.02. The van der Waals surface area contributed by atoms with Gasteiger partial charge in [-0.25, -0.2) is 0 Å². The van der Waals surface area contributed by atoms with E-state index < -0.39 is 0 Å². The second-order valence-corrected chi connectivity index (χ2v) is 4.79. The number of anilines is 1. The van der Waals surface area contributed by atoms with Gasteiger partial charge < -0.3 is 10.4 Å². The Bertz CT molecular complexity index is 566. The minimum absolute atomic E-state index is 0.118. The normalized spacial score (nSPS) is 10.4. The molecule has 94 valence electrons. The Balaban J connectivity index is 2.11. The number of aromatic hydroxyl groups is 1. The molecule has 0 aliphatic carbocycles. The van der Waals surface area contributed by atoms with Crippen molar-refractivity contribution in [1.82, 2.24) is 0 Å². The summed E-state index contributed by atoms with van der Waals surface area (Å²) < 4.78 is 0. The summed E-state index contributed by atoms with van der Waals surface area (Å²) >= 11 is 5.87. The van der Waals surface area contributed by atoms with Gasteiger partial charge in [0.2, 0.25) is 0 Å². The summed E-state index contributed by atoms with van der Waals surface area (Å²) in [5.41, 5.74) is 4.68. The molecule has 2 aromatic carbocycles. The maximum atomic E-state index is 9.36. The highest BCUT2D eigenvalue weighted by molar-refractivity contribution is 6.32. The highest BCUT2D eigenvalue weighted by Crippen LogP contribution is 2.24. The zero-order chi connectivity index (χ0) is 13.1. The second kappa shape index (κ2) is 5.32. The molecule has 0 radical (unpaired) electrons. The minimum Gasteiger partial charge on any atom is -0.506 e. The number of phenolic OH excluding ortho intramolecular Hbond substituents is 1. The summed E-state index contributed by atoms with van der Waals surface area (Å²) in [6.07, 6.45) is 0. The largest absolute Gasteiger partial charge is 0.506 e. The van der Waals surface area contributed by atoms with Gasteiger partial charge in [0.15, 0.2) is 0 Å². The summed E-state index contributed by atoms with van der Waals surface area (Å²) in [7, 11) is 0. The van der Waals surface area contributed by atoms with E-state index in [1.807, 2.05) is 12.1 Å². The van der Waals surface area contributed by atoms with Gasteiger partial charge in [0, 0.05) is 12.2 Å². The molecule has 0 amide bonds. The Morgan fingerprint density at radius 3 is 2.67 bits per heavy atom. The van der Waals surface area contributed by atoms with Crippen LogP contribution in [-0.4, -0.2) is 5.11 Å². The summed E-state index contributed by atoms with van der Waals surface area (Å²) in [6, 6.07) is 11.4. The molecule has 0 atom stereocenters. The molecule has 2 aromatic rings. The predicted molar refractivity (Wildman–Crippen MR) is 76.4 cm³/mol. The van der Waals surface area contributed by atoms with E-state index in [1.165, 1.54) is 11.1 Å². The van der Waals surface area contributed by atoms with Gasteiger partial charge in [0.25, 0.3) is 0 Å². The monoisotopic (exact) mass is 261 g/mol. The number of hydrogen-bond acceptors (Lipinski definition) is 2. The van der Waals surface area contributed by atoms with Crippen molar-refractivity contribution in [3.63, 3.8) is 0 Å². The lowest BCUT2D eigenvalue weighted by Gasteiger charge is -2.11. The zero-order valence-corrected chi connectivity index (χ0v) is 11.3. The van der Waals surface area contributed by atoms with Crippen molar-refractivity contribution < 1.29 is 5.11 Å². The lowest BCUT2D eigenvalue weighted by atomic mass is 10.1. The van der Waals surface area contributed by atoms with Crippen LogP contribution in [0.2, 0.25) is 5.02 Å². The van der Waals surface area contributed by atoms with Crippen LogP contribution in [0.5, 0.6) is 5.75 Å². The Hall–Kier alpha value is -1.67. The smallest absolute Gasteiger partial charge is 0.134 e. The third-order valence-electron chi connectivity index (χ3n) is 3.10. The predicted octanol–water partition coefficient (Wildman–Crippen LogP) is 4.27. The fraction of sp³-hybridized carbons (Fsp3) is 0.200. The van der Waals surface area contributed by atoms with E-state index in [1.54, 1.807) is 12.1 Å². The summed E-state index contributed by atoms with van der Waals surface area (Å²) in [5.74, 6) is 0.118. The topological polar surface area (TPSA) is 32.3 Å². The first-order valence-electron chi connectivity index (χ1n) is 5.85. The molecule has 2 rings (SSSR count). The standard InChI is InChI=1S/C15H16ClNO/c1-10-4-3-5-14(11(10)2)17-9-12-6-7-15(18)13(16)8-12/h3-8,17-18H,9H2,1-2H3. The molecule has 0 bridgehead atoms. The van der Waals surface area contributed by atoms with Crippen molar-refractivity contribution in [2.75, 3.05) is 5.32 Å². The average Bonchev–Trinajstić information content (AvgIpc) is 2.35. The number of rotatable bonds is 3. The summed E-state index contributed by atoms with van der Waals surface area (Å²) in [5, 5.41) is 13.1. The van der Waals surface area contributed by atoms with E-state index in [0.717, 1.165) is 11.3 Å². The second-order valence-electron chi connectivity index (χ2n) is 4.39. The van der Waals surface area contributed by atoms with Gasteiger partial charge in [-0.05, 0) is 48.7 Å². The first-order valence-corrected chi connectivity index (χ1v) is 6.23. The lowest BCUT2D eigenvalue weighted by Crippen LogP contribution is -2.01. The molecule has 0 aromatic heterocycles. The molecule has 2 nitrogen and oxygen atoms in total. The molecule has 0 heterocycles. The van der Waals surface area contributed by atoms with Crippen molar-refractivity contribution in [2.45, 2.75) is 20.4 Å². The molecule has 3 heteroatoms. The molecule has 0 saturated heterocycles. The van der Waals surface area contributed by atoms with Gasteiger partial charge in [0.05, 0.1) is 5.02 Å². The van der Waals surface area contributed by atoms with Crippen molar-refractivity contribution in [1.29, 1.82) is 0 Å². The van der Waals surface area contributed by atoms with Crippen molar-refractivity contribution >= 4 is 17.3 Å². The Morgan fingerprint density at radius 1 is 1.17 bits per heavy atom. The Labute approximate surface area is 112 Å². The molecule has 0 aliphatic rings. The number of hydrogen-bond donors (Lipinski definition) is 2. The van der Waals surface area contributed by atoms with Gasteiger partial charge in [-0.1, -0.05) is 29.8 Å². The minimum atomic E-state index is 0.118. The molecule has 0 saturated carbocycles. The Morgan fingerprint density at radius 2 is 1.94 bits per heavy atom. The van der Waals surface area contributed by atoms with Gasteiger partial charge in [-0.3, -0.25) is 0 Å². The molecule has 0 spiro atoms. The van der Waals surface area contributed by atoms with Crippen LogP contribution >= 0.6 is 11.6 Å². The van der Waals surface area contributed by atoms with Crippen LogP contribution in [0.25, 0.3) is 0 Å². The van der Waals surface area contributed by atoms with Gasteiger partial charge in [-0.15, -0.1) is 0 Å². The summed E-state index contributed by atoms with van der Waals surface area (Å²) in [4.78, 5) is 0. The first-order chi connectivity index (χ1) is 8.58. The number of benzene rings is 2. The Kier molecular flexibility index (Phi) is 3.78. The number of phenols is 1. The molecular weight excluding hydrogens is 246 g/mol. The van der Waals surface area contributed by atoms with Crippen LogP contribution in [0.3, 0.4) is 0 Å². The summed E-state index contributed by atoms with van der Waals surface area (Å²) in [6.45, 7) is 4.88. The van der Waals surface area contributed by atoms with Crippen molar-refractivity contribution in [3.8, 4) is 5.75 Å². The van der Waals surface area contributed by atoms with E-state index in [0.29, 0.717) is 11.6 Å². The van der Waals surface area contributed by atoms with Gasteiger partial charge in [0.1, 0.15) is 5.75 Å². The van der Waals surface area contributed by atoms with Crippen LogP contribution in [0.15, 0.2) is 36.4 Å². The third-order valence-corrected chi connectivity index (χ3v) is 3.40. The van der Waals surface area contributed by atoms with Crippen LogP contribution in [0.1, 0.15) is 16.7 Å². The quantitative estimate of drug-likeness (QED) is 0.865. The third kappa shape index (κ3) is 2.77. The van der Waals surface area contributed by atoms with E-state index in [4.69, 9.17) is 11.6 Å². The fourth-order valence-corrected chi connectivity index (χ4v) is 2.00. The molecule has 0 aliphatic heterocycles. The van der Waals surface area contributed by atoms with Crippen LogP contribution in [0, 0.1) is 13.8 Å². The highest BCUT2D eigenvalue weighted by atomic mass is 35.5. The number of nitrogens with one attached hydrogen (secondary N) is 1. The SMILES string of the molecule is Cc1cccc(NCc2ccc(O)c(Cl)c2)c1C. The van der Waals surface area contributed by atoms with E-state index in [2.05, 4.69) is 31.3 Å². The maximum absolute atomic E-state index is 9.36. The van der Waals surface area contributed by atoms with E-state index in [9.17, 15) is 5.11 Å². The average molecular weight is 262 g/mol. The van der Waals surface area contributed by atoms with E-state index >= 15 is 0 Å². The maximum Gasteiger partial charge on any atom is 0.134 e. The van der Waals surface area contributed by atoms with Crippen molar-refractivity contribution in [2.24, 2.45) is 0 Å².